The number of hydrogen-bond acceptors (Lipinski definition) is 4. The fourth-order valence-electron chi connectivity index (χ4n) is 5.00. The summed E-state index contributed by atoms with van der Waals surface area (Å²) in [5.74, 6) is 1.14. The Hall–Kier alpha value is -3.71. The Labute approximate surface area is 210 Å². The Morgan fingerprint density at radius 1 is 1.17 bits per heavy atom. The lowest BCUT2D eigenvalue weighted by atomic mass is 9.89. The van der Waals surface area contributed by atoms with Crippen molar-refractivity contribution in [1.82, 2.24) is 14.9 Å². The van der Waals surface area contributed by atoms with E-state index < -0.39 is 5.60 Å². The molecule has 1 fully saturated rings. The highest BCUT2D eigenvalue weighted by atomic mass is 19.1. The highest BCUT2D eigenvalue weighted by molar-refractivity contribution is 5.86. The molecule has 0 spiro atoms. The number of rotatable bonds is 8. The van der Waals surface area contributed by atoms with Crippen LogP contribution >= 0.6 is 0 Å². The van der Waals surface area contributed by atoms with Gasteiger partial charge in [0, 0.05) is 38.6 Å². The molecule has 0 aliphatic carbocycles. The van der Waals surface area contributed by atoms with Crippen molar-refractivity contribution in [3.63, 3.8) is 0 Å². The quantitative estimate of drug-likeness (QED) is 0.386. The molecule has 2 heterocycles. The first-order valence-electron chi connectivity index (χ1n) is 12.2. The smallest absolute Gasteiger partial charge is 0.252 e. The molecule has 1 amide bonds. The van der Waals surface area contributed by atoms with Crippen LogP contribution in [0.3, 0.4) is 0 Å². The average molecular weight is 488 g/mol. The van der Waals surface area contributed by atoms with Crippen LogP contribution in [0.1, 0.15) is 24.2 Å². The minimum absolute atomic E-state index is 0.0883. The molecule has 7 heteroatoms. The number of aromatic nitrogens is 2. The third kappa shape index (κ3) is 4.71. The average Bonchev–Trinajstić information content (AvgIpc) is 3.50. The van der Waals surface area contributed by atoms with Crippen LogP contribution in [0.25, 0.3) is 22.2 Å². The zero-order chi connectivity index (χ0) is 25.1. The number of benzene rings is 3. The van der Waals surface area contributed by atoms with E-state index in [-0.39, 0.29) is 11.7 Å². The molecule has 186 valence electrons. The molecule has 5 rings (SSSR count). The van der Waals surface area contributed by atoms with Gasteiger partial charge in [-0.2, -0.15) is 0 Å². The van der Waals surface area contributed by atoms with E-state index in [1.54, 1.807) is 13.2 Å². The molecule has 1 N–H and O–H groups in total. The second-order valence-corrected chi connectivity index (χ2v) is 9.25. The van der Waals surface area contributed by atoms with Gasteiger partial charge in [0.2, 0.25) is 0 Å². The van der Waals surface area contributed by atoms with Crippen LogP contribution in [-0.4, -0.2) is 41.3 Å². The third-order valence-corrected chi connectivity index (χ3v) is 6.95. The van der Waals surface area contributed by atoms with Crippen molar-refractivity contribution in [2.24, 2.45) is 7.05 Å². The molecule has 1 atom stereocenters. The van der Waals surface area contributed by atoms with Crippen LogP contribution in [-0.2, 0) is 29.4 Å². The van der Waals surface area contributed by atoms with Gasteiger partial charge in [-0.05, 0) is 54.3 Å². The van der Waals surface area contributed by atoms with Crippen LogP contribution in [0.4, 0.5) is 4.39 Å². The molecule has 1 aliphatic heterocycles. The fraction of sp³-hybridized carbons (Fsp3) is 0.310. The summed E-state index contributed by atoms with van der Waals surface area (Å²) in [5, 5.41) is 3.09. The van der Waals surface area contributed by atoms with Crippen LogP contribution in [0.5, 0.6) is 5.75 Å². The van der Waals surface area contributed by atoms with Crippen LogP contribution in [0.2, 0.25) is 0 Å². The summed E-state index contributed by atoms with van der Waals surface area (Å²) in [4.78, 5) is 18.0. The highest BCUT2D eigenvalue weighted by Gasteiger charge is 2.42. The lowest BCUT2D eigenvalue weighted by molar-refractivity contribution is -0.141. The van der Waals surface area contributed by atoms with Gasteiger partial charge in [-0.15, -0.1) is 0 Å². The molecular formula is C29H30FN3O3. The maximum Gasteiger partial charge on any atom is 0.252 e. The maximum atomic E-state index is 13.8. The van der Waals surface area contributed by atoms with E-state index in [9.17, 15) is 9.18 Å². The zero-order valence-electron chi connectivity index (χ0n) is 20.6. The highest BCUT2D eigenvalue weighted by Crippen LogP contribution is 2.33. The predicted octanol–water partition coefficient (Wildman–Crippen LogP) is 4.84. The molecule has 0 bridgehead atoms. The van der Waals surface area contributed by atoms with E-state index in [4.69, 9.17) is 14.5 Å². The molecular weight excluding hydrogens is 457 g/mol. The minimum Gasteiger partial charge on any atom is -0.496 e. The van der Waals surface area contributed by atoms with E-state index in [1.807, 2.05) is 55.6 Å². The number of carbonyl (C=O) groups is 1. The van der Waals surface area contributed by atoms with Crippen LogP contribution < -0.4 is 10.1 Å². The molecule has 0 radical (unpaired) electrons. The number of carbonyl (C=O) groups excluding carboxylic acids is 1. The maximum absolute atomic E-state index is 13.8. The molecule has 1 unspecified atom stereocenters. The number of fused-ring (bicyclic) bond motifs is 1. The third-order valence-electron chi connectivity index (χ3n) is 6.95. The van der Waals surface area contributed by atoms with Gasteiger partial charge in [-0.1, -0.05) is 36.4 Å². The zero-order valence-corrected chi connectivity index (χ0v) is 20.6. The Morgan fingerprint density at radius 2 is 1.97 bits per heavy atom. The van der Waals surface area contributed by atoms with Gasteiger partial charge in [-0.25, -0.2) is 9.37 Å². The number of methoxy groups -OCH3 is 1. The second kappa shape index (κ2) is 10.1. The Bertz CT molecular complexity index is 1370. The molecule has 1 aliphatic rings. The Morgan fingerprint density at radius 3 is 2.69 bits per heavy atom. The van der Waals surface area contributed by atoms with E-state index in [0.29, 0.717) is 43.7 Å². The number of nitrogens with one attached hydrogen (secondary N) is 1. The first-order chi connectivity index (χ1) is 17.5. The summed E-state index contributed by atoms with van der Waals surface area (Å²) >= 11 is 0. The van der Waals surface area contributed by atoms with Gasteiger partial charge in [0.1, 0.15) is 17.4 Å². The van der Waals surface area contributed by atoms with E-state index >= 15 is 0 Å². The number of para-hydroxylation sites is 2. The minimum atomic E-state index is -0.885. The van der Waals surface area contributed by atoms with Crippen molar-refractivity contribution in [3.05, 3.63) is 83.9 Å². The lowest BCUT2D eigenvalue weighted by Gasteiger charge is -2.27. The monoisotopic (exact) mass is 487 g/mol. The van der Waals surface area contributed by atoms with E-state index in [2.05, 4.69) is 9.88 Å². The number of ether oxygens (including phenoxy) is 2. The Balaban J connectivity index is 1.27. The summed E-state index contributed by atoms with van der Waals surface area (Å²) in [7, 11) is 3.57. The van der Waals surface area contributed by atoms with Gasteiger partial charge in [0.25, 0.3) is 5.91 Å². The fourth-order valence-corrected chi connectivity index (χ4v) is 5.00. The van der Waals surface area contributed by atoms with Crippen molar-refractivity contribution in [2.45, 2.75) is 31.3 Å². The predicted molar refractivity (Wildman–Crippen MR) is 137 cm³/mol. The number of nitrogens with zero attached hydrogens (tertiary/aromatic N) is 2. The molecule has 0 saturated carbocycles. The van der Waals surface area contributed by atoms with Crippen molar-refractivity contribution in [1.29, 1.82) is 0 Å². The lowest BCUT2D eigenvalue weighted by Crippen LogP contribution is -2.48. The van der Waals surface area contributed by atoms with Gasteiger partial charge in [0.05, 0.1) is 18.1 Å². The molecule has 3 aromatic carbocycles. The van der Waals surface area contributed by atoms with Crippen molar-refractivity contribution < 1.29 is 18.7 Å². The number of imidazole rings is 1. The Kier molecular flexibility index (Phi) is 6.74. The van der Waals surface area contributed by atoms with Crippen LogP contribution in [0, 0.1) is 5.82 Å². The molecule has 36 heavy (non-hydrogen) atoms. The van der Waals surface area contributed by atoms with Gasteiger partial charge in [-0.3, -0.25) is 4.79 Å². The first kappa shape index (κ1) is 24.0. The SMILES string of the molecule is COc1ccc(F)cc1-c1ccc(CC2(C(=O)NCCc3nc4ccccc4n3C)CCCO2)cc1. The molecule has 1 saturated heterocycles. The second-order valence-electron chi connectivity index (χ2n) is 9.25. The van der Waals surface area contributed by atoms with Gasteiger partial charge in [0.15, 0.2) is 5.60 Å². The molecule has 1 aromatic heterocycles. The normalized spacial score (nSPS) is 17.4. The number of amides is 1. The molecule has 6 nitrogen and oxygen atoms in total. The van der Waals surface area contributed by atoms with Gasteiger partial charge >= 0.3 is 0 Å². The standard InChI is InChI=1S/C29H30FN3O3/c1-33-25-7-4-3-6-24(25)32-27(33)14-16-31-28(34)29(15-5-17-36-29)19-20-8-10-21(11-9-20)23-18-22(30)12-13-26(23)35-2/h3-4,6-13,18H,5,14-17,19H2,1-2H3,(H,31,34). The molecule has 4 aromatic rings. The van der Waals surface area contributed by atoms with Crippen molar-refractivity contribution in [3.8, 4) is 16.9 Å². The summed E-state index contributed by atoms with van der Waals surface area (Å²) in [6, 6.07) is 20.3. The topological polar surface area (TPSA) is 65.4 Å². The summed E-state index contributed by atoms with van der Waals surface area (Å²) in [5.41, 5.74) is 3.68. The first-order valence-corrected chi connectivity index (χ1v) is 12.2. The largest absolute Gasteiger partial charge is 0.496 e. The van der Waals surface area contributed by atoms with E-state index in [0.717, 1.165) is 34.4 Å². The van der Waals surface area contributed by atoms with Crippen molar-refractivity contribution in [2.75, 3.05) is 20.3 Å². The van der Waals surface area contributed by atoms with Crippen LogP contribution in [0.15, 0.2) is 66.7 Å². The summed E-state index contributed by atoms with van der Waals surface area (Å²) in [6.45, 7) is 1.05. The number of aryl methyl sites for hydroxylation is 1. The summed E-state index contributed by atoms with van der Waals surface area (Å²) in [6.07, 6.45) is 2.63. The summed E-state index contributed by atoms with van der Waals surface area (Å²) < 4.78 is 27.3. The van der Waals surface area contributed by atoms with Gasteiger partial charge < -0.3 is 19.4 Å². The van der Waals surface area contributed by atoms with E-state index in [1.165, 1.54) is 12.1 Å². The number of halogens is 1. The number of hydrogen-bond donors (Lipinski definition) is 1. The van der Waals surface area contributed by atoms with Crippen molar-refractivity contribution >= 4 is 16.9 Å².